The molecule has 2 aromatic carbocycles. The average Bonchev–Trinajstić information content (AvgIpc) is 2.82. The summed E-state index contributed by atoms with van der Waals surface area (Å²) in [5, 5.41) is 0. The highest BCUT2D eigenvalue weighted by Crippen LogP contribution is 2.27. The normalized spacial score (nSPS) is 17.3. The number of fused-ring (bicyclic) bond motifs is 1. The van der Waals surface area contributed by atoms with Crippen LogP contribution in [0.2, 0.25) is 0 Å². The average molecular weight is 348 g/mol. The molecule has 0 N–H and O–H groups in total. The molecule has 1 fully saturated rings. The van der Waals surface area contributed by atoms with E-state index in [4.69, 9.17) is 4.98 Å². The Bertz CT molecular complexity index is 872. The van der Waals surface area contributed by atoms with Crippen LogP contribution in [0.1, 0.15) is 55.6 Å². The lowest BCUT2D eigenvalue weighted by Crippen LogP contribution is -2.30. The first-order valence-electron chi connectivity index (χ1n) is 9.97. The van der Waals surface area contributed by atoms with Crippen molar-refractivity contribution in [2.24, 2.45) is 0 Å². The second kappa shape index (κ2) is 7.63. The Hall–Kier alpha value is -2.13. The van der Waals surface area contributed by atoms with E-state index in [1.54, 1.807) is 0 Å². The van der Waals surface area contributed by atoms with Gasteiger partial charge in [-0.25, -0.2) is 4.98 Å². The molecule has 2 heterocycles. The fourth-order valence-corrected chi connectivity index (χ4v) is 4.22. The molecule has 1 aliphatic heterocycles. The first-order valence-corrected chi connectivity index (χ1v) is 9.97. The Morgan fingerprint density at radius 2 is 1.73 bits per heavy atom. The maximum atomic E-state index is 5.06. The van der Waals surface area contributed by atoms with Crippen molar-refractivity contribution < 1.29 is 0 Å². The molecule has 1 aromatic heterocycles. The maximum Gasteiger partial charge on any atom is 0.127 e. The first-order chi connectivity index (χ1) is 12.7. The molecule has 0 bridgehead atoms. The summed E-state index contributed by atoms with van der Waals surface area (Å²) >= 11 is 0. The van der Waals surface area contributed by atoms with Gasteiger partial charge in [0.05, 0.1) is 17.1 Å². The summed E-state index contributed by atoms with van der Waals surface area (Å²) in [6.07, 6.45) is 5.34. The van der Waals surface area contributed by atoms with Crippen molar-refractivity contribution in [3.63, 3.8) is 0 Å². The van der Waals surface area contributed by atoms with Gasteiger partial charge in [-0.2, -0.15) is 0 Å². The smallest absolute Gasteiger partial charge is 0.127 e. The predicted molar refractivity (Wildman–Crippen MR) is 108 cm³/mol. The molecule has 4 rings (SSSR count). The standard InChI is InChI=1S/C23H29N3/c1-18-10-9-11-20(16-18)17-26-22-13-6-5-12-21(22)24-23(26)19(2)25-14-7-3-4-8-15-25/h5-6,9-13,16,19H,3-4,7-8,14-15,17H2,1-2H3. The van der Waals surface area contributed by atoms with Gasteiger partial charge in [0.1, 0.15) is 5.82 Å². The molecule has 1 saturated heterocycles. The van der Waals surface area contributed by atoms with E-state index in [1.807, 2.05) is 0 Å². The van der Waals surface area contributed by atoms with Crippen molar-refractivity contribution in [3.8, 4) is 0 Å². The minimum atomic E-state index is 0.352. The number of imidazole rings is 1. The molecule has 3 heteroatoms. The van der Waals surface area contributed by atoms with Crippen molar-refractivity contribution in [2.75, 3.05) is 13.1 Å². The van der Waals surface area contributed by atoms with Gasteiger partial charge in [0, 0.05) is 6.54 Å². The number of aryl methyl sites for hydroxylation is 1. The molecule has 26 heavy (non-hydrogen) atoms. The highest BCUT2D eigenvalue weighted by molar-refractivity contribution is 5.76. The van der Waals surface area contributed by atoms with Gasteiger partial charge in [0.2, 0.25) is 0 Å². The monoisotopic (exact) mass is 347 g/mol. The van der Waals surface area contributed by atoms with Crippen molar-refractivity contribution >= 4 is 11.0 Å². The Kier molecular flexibility index (Phi) is 5.07. The lowest BCUT2D eigenvalue weighted by atomic mass is 10.1. The largest absolute Gasteiger partial charge is 0.322 e. The van der Waals surface area contributed by atoms with E-state index in [2.05, 4.69) is 71.8 Å². The number of hydrogen-bond acceptors (Lipinski definition) is 2. The van der Waals surface area contributed by atoms with Gasteiger partial charge in [0.15, 0.2) is 0 Å². The second-order valence-electron chi connectivity index (χ2n) is 7.66. The Balaban J connectivity index is 1.73. The minimum absolute atomic E-state index is 0.352. The van der Waals surface area contributed by atoms with Crippen molar-refractivity contribution in [1.29, 1.82) is 0 Å². The van der Waals surface area contributed by atoms with Crippen LogP contribution in [0.5, 0.6) is 0 Å². The molecule has 0 spiro atoms. The van der Waals surface area contributed by atoms with E-state index >= 15 is 0 Å². The predicted octanol–water partition coefficient (Wildman–Crippen LogP) is 5.33. The van der Waals surface area contributed by atoms with Gasteiger partial charge in [0.25, 0.3) is 0 Å². The van der Waals surface area contributed by atoms with E-state index in [0.717, 1.165) is 12.1 Å². The lowest BCUT2D eigenvalue weighted by molar-refractivity contribution is 0.208. The van der Waals surface area contributed by atoms with Gasteiger partial charge < -0.3 is 4.57 Å². The Morgan fingerprint density at radius 1 is 0.962 bits per heavy atom. The second-order valence-corrected chi connectivity index (χ2v) is 7.66. The third-order valence-electron chi connectivity index (χ3n) is 5.67. The van der Waals surface area contributed by atoms with E-state index < -0.39 is 0 Å². The topological polar surface area (TPSA) is 21.1 Å². The van der Waals surface area contributed by atoms with Crippen molar-refractivity contribution in [1.82, 2.24) is 14.5 Å². The molecule has 0 radical (unpaired) electrons. The molecule has 0 saturated carbocycles. The van der Waals surface area contributed by atoms with Crippen LogP contribution >= 0.6 is 0 Å². The van der Waals surface area contributed by atoms with Gasteiger partial charge in [-0.3, -0.25) is 4.90 Å². The number of benzene rings is 2. The highest BCUT2D eigenvalue weighted by Gasteiger charge is 2.23. The first kappa shape index (κ1) is 17.3. The number of hydrogen-bond donors (Lipinski definition) is 0. The molecule has 3 aromatic rings. The van der Waals surface area contributed by atoms with Crippen LogP contribution < -0.4 is 0 Å². The Labute approximate surface area is 156 Å². The fraction of sp³-hybridized carbons (Fsp3) is 0.435. The van der Waals surface area contributed by atoms with Crippen LogP contribution in [-0.2, 0) is 6.54 Å². The van der Waals surface area contributed by atoms with E-state index in [9.17, 15) is 0 Å². The number of para-hydroxylation sites is 2. The number of likely N-dealkylation sites (tertiary alicyclic amines) is 1. The van der Waals surface area contributed by atoms with Gasteiger partial charge >= 0.3 is 0 Å². The third-order valence-corrected chi connectivity index (χ3v) is 5.67. The molecule has 1 aliphatic rings. The van der Waals surface area contributed by atoms with Crippen LogP contribution in [0, 0.1) is 6.92 Å². The minimum Gasteiger partial charge on any atom is -0.322 e. The lowest BCUT2D eigenvalue weighted by Gasteiger charge is -2.27. The molecule has 0 aliphatic carbocycles. The third kappa shape index (κ3) is 3.54. The summed E-state index contributed by atoms with van der Waals surface area (Å²) in [6, 6.07) is 17.7. The van der Waals surface area contributed by atoms with Crippen molar-refractivity contribution in [2.45, 2.75) is 52.1 Å². The molecular weight excluding hydrogens is 318 g/mol. The SMILES string of the molecule is Cc1cccc(Cn2c(C(C)N3CCCCCC3)nc3ccccc32)c1. The zero-order valence-corrected chi connectivity index (χ0v) is 16.0. The van der Waals surface area contributed by atoms with Crippen LogP contribution in [0.3, 0.4) is 0 Å². The summed E-state index contributed by atoms with van der Waals surface area (Å²) in [4.78, 5) is 7.68. The highest BCUT2D eigenvalue weighted by atomic mass is 15.2. The van der Waals surface area contributed by atoms with Crippen LogP contribution in [0.25, 0.3) is 11.0 Å². The van der Waals surface area contributed by atoms with Crippen LogP contribution in [0.4, 0.5) is 0 Å². The molecule has 136 valence electrons. The van der Waals surface area contributed by atoms with Crippen molar-refractivity contribution in [3.05, 3.63) is 65.5 Å². The fourth-order valence-electron chi connectivity index (χ4n) is 4.22. The summed E-state index contributed by atoms with van der Waals surface area (Å²) in [5.41, 5.74) is 5.01. The van der Waals surface area contributed by atoms with Gasteiger partial charge in [-0.15, -0.1) is 0 Å². The summed E-state index contributed by atoms with van der Waals surface area (Å²) < 4.78 is 2.43. The molecular formula is C23H29N3. The number of aromatic nitrogens is 2. The number of nitrogens with zero attached hydrogens (tertiary/aromatic N) is 3. The Morgan fingerprint density at radius 3 is 2.50 bits per heavy atom. The zero-order valence-electron chi connectivity index (χ0n) is 16.0. The molecule has 1 atom stereocenters. The molecule has 1 unspecified atom stereocenters. The summed E-state index contributed by atoms with van der Waals surface area (Å²) in [6.45, 7) is 7.76. The molecule has 0 amide bonds. The van der Waals surface area contributed by atoms with E-state index in [1.165, 1.54) is 61.2 Å². The van der Waals surface area contributed by atoms with Gasteiger partial charge in [-0.05, 0) is 57.5 Å². The molecule has 3 nitrogen and oxygen atoms in total. The summed E-state index contributed by atoms with van der Waals surface area (Å²) in [7, 11) is 0. The maximum absolute atomic E-state index is 5.06. The van der Waals surface area contributed by atoms with Gasteiger partial charge in [-0.1, -0.05) is 54.8 Å². The van der Waals surface area contributed by atoms with Crippen LogP contribution in [0.15, 0.2) is 48.5 Å². The quantitative estimate of drug-likeness (QED) is 0.636. The zero-order chi connectivity index (χ0) is 17.9. The summed E-state index contributed by atoms with van der Waals surface area (Å²) in [5.74, 6) is 1.20. The van der Waals surface area contributed by atoms with E-state index in [0.29, 0.717) is 6.04 Å². The number of rotatable bonds is 4. The van der Waals surface area contributed by atoms with Crippen LogP contribution in [-0.4, -0.2) is 27.5 Å². The van der Waals surface area contributed by atoms with E-state index in [-0.39, 0.29) is 0 Å².